The van der Waals surface area contributed by atoms with Gasteiger partial charge in [-0.25, -0.2) is 0 Å². The van der Waals surface area contributed by atoms with Crippen LogP contribution in [0.15, 0.2) is 66.2 Å². The van der Waals surface area contributed by atoms with Crippen LogP contribution in [0.2, 0.25) is 0 Å². The fourth-order valence-corrected chi connectivity index (χ4v) is 3.88. The van der Waals surface area contributed by atoms with Crippen molar-refractivity contribution in [1.82, 2.24) is 0 Å². The van der Waals surface area contributed by atoms with Gasteiger partial charge in [0.1, 0.15) is 0 Å². The SMILES string of the molecule is CCOC(=O)C1CC(=C(c2ccccc2)c2ccccc2)CC1C(=O)OCC. The molecule has 1 aliphatic rings. The minimum absolute atomic E-state index is 0.300. The molecule has 2 unspecified atom stereocenters. The van der Waals surface area contributed by atoms with Crippen molar-refractivity contribution in [1.29, 1.82) is 0 Å². The minimum atomic E-state index is -0.503. The Kier molecular flexibility index (Phi) is 6.64. The van der Waals surface area contributed by atoms with Crippen molar-refractivity contribution in [3.63, 3.8) is 0 Å². The summed E-state index contributed by atoms with van der Waals surface area (Å²) in [5, 5.41) is 0. The molecule has 4 nitrogen and oxygen atoms in total. The second kappa shape index (κ2) is 9.36. The van der Waals surface area contributed by atoms with Crippen LogP contribution in [0.1, 0.15) is 37.8 Å². The lowest BCUT2D eigenvalue weighted by molar-refractivity contribution is -0.158. The van der Waals surface area contributed by atoms with E-state index in [0.29, 0.717) is 26.1 Å². The average Bonchev–Trinajstić information content (AvgIpc) is 3.15. The van der Waals surface area contributed by atoms with Crippen molar-refractivity contribution in [2.24, 2.45) is 11.8 Å². The predicted molar refractivity (Wildman–Crippen MR) is 108 cm³/mol. The van der Waals surface area contributed by atoms with E-state index in [1.807, 2.05) is 36.4 Å². The summed E-state index contributed by atoms with van der Waals surface area (Å²) in [4.78, 5) is 25.1. The van der Waals surface area contributed by atoms with Gasteiger partial charge < -0.3 is 9.47 Å². The van der Waals surface area contributed by atoms with E-state index in [0.717, 1.165) is 22.3 Å². The van der Waals surface area contributed by atoms with E-state index in [4.69, 9.17) is 9.47 Å². The number of rotatable bonds is 6. The second-order valence-electron chi connectivity index (χ2n) is 6.84. The van der Waals surface area contributed by atoms with E-state index in [-0.39, 0.29) is 11.9 Å². The fourth-order valence-electron chi connectivity index (χ4n) is 3.88. The van der Waals surface area contributed by atoms with Crippen molar-refractivity contribution < 1.29 is 19.1 Å². The first-order valence-corrected chi connectivity index (χ1v) is 9.81. The molecule has 0 N–H and O–H groups in total. The molecular weight excluding hydrogens is 352 g/mol. The third-order valence-corrected chi connectivity index (χ3v) is 5.08. The van der Waals surface area contributed by atoms with Crippen molar-refractivity contribution in [2.75, 3.05) is 13.2 Å². The number of ether oxygens (including phenoxy) is 2. The molecular formula is C24H26O4. The Morgan fingerprint density at radius 2 is 1.14 bits per heavy atom. The molecule has 0 aromatic heterocycles. The molecule has 0 saturated heterocycles. The van der Waals surface area contributed by atoms with Gasteiger partial charge in [-0.2, -0.15) is 0 Å². The van der Waals surface area contributed by atoms with Gasteiger partial charge in [0.2, 0.25) is 0 Å². The Morgan fingerprint density at radius 3 is 1.50 bits per heavy atom. The lowest BCUT2D eigenvalue weighted by atomic mass is 9.92. The van der Waals surface area contributed by atoms with E-state index in [1.54, 1.807) is 13.8 Å². The molecule has 0 radical (unpaired) electrons. The molecule has 146 valence electrons. The molecule has 1 aliphatic carbocycles. The summed E-state index contributed by atoms with van der Waals surface area (Å²) in [7, 11) is 0. The van der Waals surface area contributed by atoms with E-state index >= 15 is 0 Å². The Bertz CT molecular complexity index is 770. The maximum atomic E-state index is 12.6. The van der Waals surface area contributed by atoms with Gasteiger partial charge in [0.05, 0.1) is 25.0 Å². The van der Waals surface area contributed by atoms with Gasteiger partial charge in [-0.05, 0) is 43.4 Å². The summed E-state index contributed by atoms with van der Waals surface area (Å²) in [6.45, 7) is 4.16. The Morgan fingerprint density at radius 1 is 0.750 bits per heavy atom. The molecule has 2 aromatic carbocycles. The number of hydrogen-bond donors (Lipinski definition) is 0. The van der Waals surface area contributed by atoms with Gasteiger partial charge >= 0.3 is 11.9 Å². The standard InChI is InChI=1S/C24H26O4/c1-3-27-23(25)20-15-19(16-21(20)24(26)28-4-2)22(17-11-7-5-8-12-17)18-13-9-6-10-14-18/h5-14,20-21H,3-4,15-16H2,1-2H3. The van der Waals surface area contributed by atoms with Crippen molar-refractivity contribution >= 4 is 17.5 Å². The van der Waals surface area contributed by atoms with Crippen LogP contribution in [0.4, 0.5) is 0 Å². The van der Waals surface area contributed by atoms with Gasteiger partial charge in [-0.3, -0.25) is 9.59 Å². The first kappa shape index (κ1) is 19.9. The molecule has 4 heteroatoms. The maximum absolute atomic E-state index is 12.6. The molecule has 0 amide bonds. The van der Waals surface area contributed by atoms with Crippen LogP contribution in [-0.4, -0.2) is 25.2 Å². The highest BCUT2D eigenvalue weighted by Gasteiger charge is 2.43. The van der Waals surface area contributed by atoms with Crippen LogP contribution in [0.5, 0.6) is 0 Å². The van der Waals surface area contributed by atoms with Gasteiger partial charge in [-0.1, -0.05) is 66.2 Å². The summed E-state index contributed by atoms with van der Waals surface area (Å²) in [6.07, 6.45) is 1.00. The molecule has 1 saturated carbocycles. The van der Waals surface area contributed by atoms with E-state index in [1.165, 1.54) is 0 Å². The molecule has 2 aromatic rings. The summed E-state index contributed by atoms with van der Waals surface area (Å²) < 4.78 is 10.5. The van der Waals surface area contributed by atoms with Crippen LogP contribution in [0.25, 0.3) is 5.57 Å². The van der Waals surface area contributed by atoms with E-state index in [2.05, 4.69) is 24.3 Å². The number of benzene rings is 2. The van der Waals surface area contributed by atoms with Crippen molar-refractivity contribution in [2.45, 2.75) is 26.7 Å². The lowest BCUT2D eigenvalue weighted by Crippen LogP contribution is -2.28. The zero-order valence-corrected chi connectivity index (χ0v) is 16.4. The molecule has 3 rings (SSSR count). The molecule has 0 bridgehead atoms. The normalized spacial score (nSPS) is 18.6. The van der Waals surface area contributed by atoms with Crippen LogP contribution < -0.4 is 0 Å². The first-order chi connectivity index (χ1) is 13.7. The number of carbonyl (C=O) groups is 2. The van der Waals surface area contributed by atoms with E-state index < -0.39 is 11.8 Å². The summed E-state index contributed by atoms with van der Waals surface area (Å²) in [5.74, 6) is -1.65. The monoisotopic (exact) mass is 378 g/mol. The zero-order valence-electron chi connectivity index (χ0n) is 16.4. The Hall–Kier alpha value is -2.88. The van der Waals surface area contributed by atoms with Crippen LogP contribution >= 0.6 is 0 Å². The maximum Gasteiger partial charge on any atom is 0.310 e. The molecule has 2 atom stereocenters. The Labute approximate surface area is 166 Å². The molecule has 1 fully saturated rings. The summed E-state index contributed by atoms with van der Waals surface area (Å²) in [5.41, 5.74) is 4.34. The summed E-state index contributed by atoms with van der Waals surface area (Å²) in [6, 6.07) is 20.2. The molecule has 0 heterocycles. The third kappa shape index (κ3) is 4.33. The van der Waals surface area contributed by atoms with Gasteiger partial charge in [0, 0.05) is 0 Å². The largest absolute Gasteiger partial charge is 0.466 e. The number of allylic oxidation sites excluding steroid dienone is 1. The average molecular weight is 378 g/mol. The number of hydrogen-bond acceptors (Lipinski definition) is 4. The van der Waals surface area contributed by atoms with Crippen molar-refractivity contribution in [3.8, 4) is 0 Å². The number of carbonyl (C=O) groups excluding carboxylic acids is 2. The van der Waals surface area contributed by atoms with Crippen molar-refractivity contribution in [3.05, 3.63) is 77.4 Å². The van der Waals surface area contributed by atoms with Gasteiger partial charge in [-0.15, -0.1) is 0 Å². The topological polar surface area (TPSA) is 52.6 Å². The predicted octanol–water partition coefficient (Wildman–Crippen LogP) is 4.64. The van der Waals surface area contributed by atoms with Gasteiger partial charge in [0.15, 0.2) is 0 Å². The van der Waals surface area contributed by atoms with Crippen LogP contribution in [-0.2, 0) is 19.1 Å². The number of esters is 2. The third-order valence-electron chi connectivity index (χ3n) is 5.08. The summed E-state index contributed by atoms with van der Waals surface area (Å²) >= 11 is 0. The first-order valence-electron chi connectivity index (χ1n) is 9.81. The second-order valence-corrected chi connectivity index (χ2v) is 6.84. The fraction of sp³-hybridized carbons (Fsp3) is 0.333. The minimum Gasteiger partial charge on any atom is -0.466 e. The quantitative estimate of drug-likeness (QED) is 0.687. The van der Waals surface area contributed by atoms with Crippen LogP contribution in [0.3, 0.4) is 0 Å². The highest BCUT2D eigenvalue weighted by Crippen LogP contribution is 2.43. The smallest absolute Gasteiger partial charge is 0.310 e. The highest BCUT2D eigenvalue weighted by atomic mass is 16.5. The Balaban J connectivity index is 2.07. The lowest BCUT2D eigenvalue weighted by Gasteiger charge is -2.15. The van der Waals surface area contributed by atoms with Crippen LogP contribution in [0, 0.1) is 11.8 Å². The highest BCUT2D eigenvalue weighted by molar-refractivity contribution is 5.88. The van der Waals surface area contributed by atoms with E-state index in [9.17, 15) is 9.59 Å². The molecule has 0 spiro atoms. The molecule has 0 aliphatic heterocycles. The van der Waals surface area contributed by atoms with Gasteiger partial charge in [0.25, 0.3) is 0 Å². The zero-order chi connectivity index (χ0) is 19.9. The molecule has 28 heavy (non-hydrogen) atoms.